The number of piperazine rings is 1. The molecule has 0 spiro atoms. The lowest BCUT2D eigenvalue weighted by molar-refractivity contribution is -0.159. The number of hydrogen-bond acceptors (Lipinski definition) is 3. The van der Waals surface area contributed by atoms with Crippen molar-refractivity contribution in [1.29, 1.82) is 0 Å². The molecule has 1 saturated heterocycles. The number of amides is 2. The molecule has 1 aromatic heterocycles. The van der Waals surface area contributed by atoms with E-state index in [2.05, 4.69) is 4.98 Å². The SMILES string of the molecule is O=C(c1nc(Cl)c(Cl)c(Cl)c1Cl)N1CCN(C(=O)C23CC4CC(CC(C4)C2)C3)CC1. The lowest BCUT2D eigenvalue weighted by Gasteiger charge is -2.57. The van der Waals surface area contributed by atoms with Crippen LogP contribution in [0.4, 0.5) is 0 Å². The van der Waals surface area contributed by atoms with Crippen LogP contribution in [-0.2, 0) is 4.79 Å². The van der Waals surface area contributed by atoms with E-state index in [4.69, 9.17) is 46.4 Å². The van der Waals surface area contributed by atoms with Crippen LogP contribution in [0, 0.1) is 23.2 Å². The summed E-state index contributed by atoms with van der Waals surface area (Å²) in [6.07, 6.45) is 7.10. The maximum atomic E-state index is 13.5. The van der Waals surface area contributed by atoms with Gasteiger partial charge in [-0.05, 0) is 56.3 Å². The van der Waals surface area contributed by atoms with Gasteiger partial charge in [0.05, 0.1) is 20.5 Å². The van der Waals surface area contributed by atoms with Crippen LogP contribution < -0.4 is 0 Å². The number of aromatic nitrogens is 1. The highest BCUT2D eigenvalue weighted by molar-refractivity contribution is 6.52. The molecule has 9 heteroatoms. The molecule has 1 aliphatic heterocycles. The molecule has 0 N–H and O–H groups in total. The average Bonchev–Trinajstić information content (AvgIpc) is 2.73. The molecule has 0 unspecified atom stereocenters. The quantitative estimate of drug-likeness (QED) is 0.535. The first kappa shape index (κ1) is 21.1. The van der Waals surface area contributed by atoms with Crippen LogP contribution in [0.2, 0.25) is 20.2 Å². The first-order chi connectivity index (χ1) is 14.3. The summed E-state index contributed by atoms with van der Waals surface area (Å²) in [6, 6.07) is 0. The van der Waals surface area contributed by atoms with Gasteiger partial charge in [0.15, 0.2) is 0 Å². The van der Waals surface area contributed by atoms with Crippen molar-refractivity contribution in [2.75, 3.05) is 26.2 Å². The maximum Gasteiger partial charge on any atom is 0.274 e. The lowest BCUT2D eigenvalue weighted by atomic mass is 9.49. The molecular formula is C21H23Cl4N3O2. The monoisotopic (exact) mass is 489 g/mol. The fourth-order valence-electron chi connectivity index (χ4n) is 6.60. The van der Waals surface area contributed by atoms with Crippen molar-refractivity contribution in [1.82, 2.24) is 14.8 Å². The van der Waals surface area contributed by atoms with Crippen LogP contribution in [0.1, 0.15) is 49.0 Å². The van der Waals surface area contributed by atoms with E-state index in [0.717, 1.165) is 37.0 Å². The minimum atomic E-state index is -0.345. The molecule has 5 fully saturated rings. The Balaban J connectivity index is 1.27. The molecule has 4 bridgehead atoms. The van der Waals surface area contributed by atoms with Crippen LogP contribution in [0.3, 0.4) is 0 Å². The summed E-state index contributed by atoms with van der Waals surface area (Å²) >= 11 is 24.2. The number of nitrogens with zero attached hydrogens (tertiary/aromatic N) is 3. The van der Waals surface area contributed by atoms with Gasteiger partial charge in [-0.15, -0.1) is 0 Å². The molecule has 4 saturated carbocycles. The number of halogens is 4. The highest BCUT2D eigenvalue weighted by Crippen LogP contribution is 2.60. The van der Waals surface area contributed by atoms with E-state index < -0.39 is 0 Å². The minimum absolute atomic E-state index is 0.00285. The molecule has 4 aliphatic carbocycles. The lowest BCUT2D eigenvalue weighted by Crippen LogP contribution is -2.58. The zero-order valence-electron chi connectivity index (χ0n) is 16.5. The van der Waals surface area contributed by atoms with Gasteiger partial charge in [-0.2, -0.15) is 0 Å². The molecule has 30 heavy (non-hydrogen) atoms. The fraction of sp³-hybridized carbons (Fsp3) is 0.667. The Bertz CT molecular complexity index is 879. The van der Waals surface area contributed by atoms with Crippen molar-refractivity contribution >= 4 is 58.2 Å². The third kappa shape index (κ3) is 3.41. The predicted octanol–water partition coefficient (Wildman–Crippen LogP) is 5.20. The van der Waals surface area contributed by atoms with Gasteiger partial charge in [0, 0.05) is 26.2 Å². The zero-order valence-corrected chi connectivity index (χ0v) is 19.5. The van der Waals surface area contributed by atoms with E-state index in [9.17, 15) is 9.59 Å². The van der Waals surface area contributed by atoms with Crippen molar-refractivity contribution in [3.8, 4) is 0 Å². The van der Waals surface area contributed by atoms with Crippen molar-refractivity contribution in [3.05, 3.63) is 25.9 Å². The summed E-state index contributed by atoms with van der Waals surface area (Å²) in [5.41, 5.74) is -0.153. The van der Waals surface area contributed by atoms with Crippen LogP contribution in [0.15, 0.2) is 0 Å². The van der Waals surface area contributed by atoms with Crippen molar-refractivity contribution < 1.29 is 9.59 Å². The molecule has 2 heterocycles. The highest BCUT2D eigenvalue weighted by atomic mass is 35.5. The third-order valence-electron chi connectivity index (χ3n) is 7.53. The zero-order chi connectivity index (χ0) is 21.2. The van der Waals surface area contributed by atoms with Crippen molar-refractivity contribution in [3.63, 3.8) is 0 Å². The highest BCUT2D eigenvalue weighted by Gasteiger charge is 2.55. The first-order valence-electron chi connectivity index (χ1n) is 10.6. The average molecular weight is 491 g/mol. The topological polar surface area (TPSA) is 53.5 Å². The third-order valence-corrected chi connectivity index (χ3v) is 9.21. The van der Waals surface area contributed by atoms with Gasteiger partial charge in [0.1, 0.15) is 10.8 Å². The molecule has 162 valence electrons. The van der Waals surface area contributed by atoms with Gasteiger partial charge in [-0.1, -0.05) is 46.4 Å². The summed E-state index contributed by atoms with van der Waals surface area (Å²) in [5.74, 6) is 2.16. The van der Waals surface area contributed by atoms with E-state index in [0.29, 0.717) is 32.1 Å². The molecule has 0 aromatic carbocycles. The summed E-state index contributed by atoms with van der Waals surface area (Å²) < 4.78 is 0. The predicted molar refractivity (Wildman–Crippen MR) is 117 cm³/mol. The van der Waals surface area contributed by atoms with Crippen molar-refractivity contribution in [2.24, 2.45) is 23.2 Å². The van der Waals surface area contributed by atoms with E-state index >= 15 is 0 Å². The Morgan fingerprint density at radius 1 is 0.767 bits per heavy atom. The van der Waals surface area contributed by atoms with Gasteiger partial charge in [-0.25, -0.2) is 4.98 Å². The largest absolute Gasteiger partial charge is 0.339 e. The van der Waals surface area contributed by atoms with Gasteiger partial charge < -0.3 is 9.80 Å². The number of carbonyl (C=O) groups is 2. The van der Waals surface area contributed by atoms with E-state index in [1.165, 1.54) is 19.3 Å². The van der Waals surface area contributed by atoms with E-state index in [1.54, 1.807) is 4.90 Å². The second-order valence-electron chi connectivity index (χ2n) is 9.48. The fourth-order valence-corrected chi connectivity index (χ4v) is 7.41. The summed E-state index contributed by atoms with van der Waals surface area (Å²) in [7, 11) is 0. The molecule has 0 atom stereocenters. The molecule has 5 nitrogen and oxygen atoms in total. The second kappa shape index (κ2) is 7.68. The van der Waals surface area contributed by atoms with Crippen LogP contribution in [-0.4, -0.2) is 52.8 Å². The molecule has 6 rings (SSSR count). The first-order valence-corrected chi connectivity index (χ1v) is 12.1. The van der Waals surface area contributed by atoms with Crippen LogP contribution >= 0.6 is 46.4 Å². The Labute approximate surface area is 196 Å². The van der Waals surface area contributed by atoms with Gasteiger partial charge in [0.2, 0.25) is 5.91 Å². The second-order valence-corrected chi connectivity index (χ2v) is 11.0. The van der Waals surface area contributed by atoms with Crippen LogP contribution in [0.25, 0.3) is 0 Å². The Hall–Kier alpha value is -0.750. The number of carbonyl (C=O) groups excluding carboxylic acids is 2. The van der Waals surface area contributed by atoms with Gasteiger partial charge in [-0.3, -0.25) is 9.59 Å². The number of pyridine rings is 1. The molecule has 2 amide bonds. The Kier molecular flexibility index (Phi) is 5.41. The van der Waals surface area contributed by atoms with Gasteiger partial charge >= 0.3 is 0 Å². The van der Waals surface area contributed by atoms with Crippen molar-refractivity contribution in [2.45, 2.75) is 38.5 Å². The van der Waals surface area contributed by atoms with E-state index in [1.807, 2.05) is 4.90 Å². The summed E-state index contributed by atoms with van der Waals surface area (Å²) in [5, 5.41) is 0.0105. The van der Waals surface area contributed by atoms with Crippen LogP contribution in [0.5, 0.6) is 0 Å². The Morgan fingerprint density at radius 3 is 1.80 bits per heavy atom. The molecule has 1 aromatic rings. The number of rotatable bonds is 2. The number of hydrogen-bond donors (Lipinski definition) is 0. The van der Waals surface area contributed by atoms with Gasteiger partial charge in [0.25, 0.3) is 5.91 Å². The van der Waals surface area contributed by atoms with E-state index in [-0.39, 0.29) is 37.2 Å². The molecule has 0 radical (unpaired) electrons. The Morgan fingerprint density at radius 2 is 1.27 bits per heavy atom. The maximum absolute atomic E-state index is 13.5. The minimum Gasteiger partial charge on any atom is -0.339 e. The normalized spacial score (nSPS) is 32.6. The molecule has 5 aliphatic rings. The smallest absolute Gasteiger partial charge is 0.274 e. The summed E-state index contributed by atoms with van der Waals surface area (Å²) in [4.78, 5) is 34.1. The molecular weight excluding hydrogens is 468 g/mol. The summed E-state index contributed by atoms with van der Waals surface area (Å²) in [6.45, 7) is 1.93. The standard InChI is InChI=1S/C21H23Cl4N3O2/c22-14-15(23)17(26-18(25)16(14)24)19(29)27-1-3-28(4-2-27)20(30)21-8-11-5-12(9-21)7-13(6-11)10-21/h11-13H,1-10H2.